The maximum Gasteiger partial charge on any atom is 0.120 e. The van der Waals surface area contributed by atoms with E-state index >= 15 is 0 Å². The minimum Gasteiger partial charge on any atom is -0.550 e. The molecule has 0 N–H and O–H groups in total. The Morgan fingerprint density at radius 3 is 2.48 bits per heavy atom. The van der Waals surface area contributed by atoms with Crippen LogP contribution in [0.2, 0.25) is 0 Å². The van der Waals surface area contributed by atoms with E-state index in [2.05, 4.69) is 43.1 Å². The SMILES string of the molecule is CC(C)c1ccc(/C=C(\CCC(=O)[O-])c2nc3ccccc3s2)cc1. The molecule has 0 aliphatic carbocycles. The quantitative estimate of drug-likeness (QED) is 0.658. The van der Waals surface area contributed by atoms with E-state index in [1.807, 2.05) is 30.3 Å². The van der Waals surface area contributed by atoms with E-state index in [0.29, 0.717) is 12.3 Å². The Morgan fingerprint density at radius 1 is 1.12 bits per heavy atom. The number of nitrogens with zero attached hydrogens (tertiary/aromatic N) is 1. The van der Waals surface area contributed by atoms with Crippen molar-refractivity contribution >= 4 is 39.2 Å². The number of thiazole rings is 1. The van der Waals surface area contributed by atoms with Crippen LogP contribution in [0.5, 0.6) is 0 Å². The van der Waals surface area contributed by atoms with Crippen LogP contribution in [-0.4, -0.2) is 11.0 Å². The van der Waals surface area contributed by atoms with Crippen molar-refractivity contribution in [2.75, 3.05) is 0 Å². The monoisotopic (exact) mass is 350 g/mol. The summed E-state index contributed by atoms with van der Waals surface area (Å²) in [6, 6.07) is 16.3. The van der Waals surface area contributed by atoms with Gasteiger partial charge in [-0.1, -0.05) is 50.2 Å². The van der Waals surface area contributed by atoms with Crippen LogP contribution in [0.25, 0.3) is 21.9 Å². The first-order valence-electron chi connectivity index (χ1n) is 8.39. The highest BCUT2D eigenvalue weighted by Gasteiger charge is 2.09. The molecule has 1 aromatic heterocycles. The molecule has 0 aliphatic rings. The molecule has 3 rings (SSSR count). The number of carboxylic acids is 1. The topological polar surface area (TPSA) is 53.0 Å². The number of fused-ring (bicyclic) bond motifs is 1. The molecule has 0 unspecified atom stereocenters. The molecule has 0 saturated heterocycles. The van der Waals surface area contributed by atoms with Crippen LogP contribution in [0.4, 0.5) is 0 Å². The van der Waals surface area contributed by atoms with Gasteiger partial charge in [0, 0.05) is 5.97 Å². The summed E-state index contributed by atoms with van der Waals surface area (Å²) in [4.78, 5) is 15.6. The first kappa shape index (κ1) is 17.4. The lowest BCUT2D eigenvalue weighted by Gasteiger charge is -2.08. The molecule has 0 saturated carbocycles. The average Bonchev–Trinajstić information content (AvgIpc) is 3.02. The van der Waals surface area contributed by atoms with Gasteiger partial charge in [-0.2, -0.15) is 0 Å². The molecule has 0 aliphatic heterocycles. The van der Waals surface area contributed by atoms with Gasteiger partial charge in [0.2, 0.25) is 0 Å². The number of hydrogen-bond acceptors (Lipinski definition) is 4. The largest absolute Gasteiger partial charge is 0.550 e. The Morgan fingerprint density at radius 2 is 1.84 bits per heavy atom. The number of aromatic nitrogens is 1. The molecule has 0 radical (unpaired) electrons. The Kier molecular flexibility index (Phi) is 5.29. The minimum atomic E-state index is -1.04. The Labute approximate surface area is 151 Å². The molecule has 2 aromatic carbocycles. The van der Waals surface area contributed by atoms with Gasteiger partial charge < -0.3 is 9.90 Å². The summed E-state index contributed by atoms with van der Waals surface area (Å²) >= 11 is 1.59. The lowest BCUT2D eigenvalue weighted by molar-refractivity contribution is -0.305. The Bertz CT molecular complexity index is 874. The zero-order valence-electron chi connectivity index (χ0n) is 14.4. The summed E-state index contributed by atoms with van der Waals surface area (Å²) in [6.45, 7) is 4.33. The third kappa shape index (κ3) is 4.34. The predicted octanol–water partition coefficient (Wildman–Crippen LogP) is 4.49. The molecule has 3 aromatic rings. The van der Waals surface area contributed by atoms with E-state index in [-0.39, 0.29) is 6.42 Å². The van der Waals surface area contributed by atoms with Crippen molar-refractivity contribution in [1.82, 2.24) is 4.98 Å². The van der Waals surface area contributed by atoms with E-state index in [0.717, 1.165) is 26.4 Å². The molecule has 1 heterocycles. The van der Waals surface area contributed by atoms with E-state index < -0.39 is 5.97 Å². The van der Waals surface area contributed by atoms with Gasteiger partial charge in [-0.3, -0.25) is 0 Å². The van der Waals surface area contributed by atoms with Crippen LogP contribution in [0.1, 0.15) is 48.7 Å². The molecule has 0 fully saturated rings. The zero-order valence-corrected chi connectivity index (χ0v) is 15.2. The fraction of sp³-hybridized carbons (Fsp3) is 0.238. The standard InChI is InChI=1S/C21H21NO2S/c1-14(2)16-9-7-15(8-10-16)13-17(11-12-20(23)24)21-22-18-5-3-4-6-19(18)25-21/h3-10,13-14H,11-12H2,1-2H3,(H,23,24)/p-1/b17-13+. The molecule has 0 atom stereocenters. The number of aliphatic carboxylic acids is 1. The van der Waals surface area contributed by atoms with Crippen LogP contribution < -0.4 is 5.11 Å². The van der Waals surface area contributed by atoms with Gasteiger partial charge in [0.15, 0.2) is 0 Å². The second kappa shape index (κ2) is 7.62. The van der Waals surface area contributed by atoms with Crippen molar-refractivity contribution in [3.05, 3.63) is 64.7 Å². The van der Waals surface area contributed by atoms with Gasteiger partial charge in [0.05, 0.1) is 10.2 Å². The van der Waals surface area contributed by atoms with Gasteiger partial charge in [-0.25, -0.2) is 4.98 Å². The third-order valence-electron chi connectivity index (χ3n) is 4.11. The molecule has 0 bridgehead atoms. The maximum absolute atomic E-state index is 10.9. The molecule has 0 amide bonds. The summed E-state index contributed by atoms with van der Waals surface area (Å²) in [6.07, 6.45) is 2.44. The first-order chi connectivity index (χ1) is 12.0. The number of allylic oxidation sites excluding steroid dienone is 1. The number of carboxylic acid groups (broad SMARTS) is 1. The third-order valence-corrected chi connectivity index (χ3v) is 5.22. The molecule has 128 valence electrons. The van der Waals surface area contributed by atoms with E-state index in [1.165, 1.54) is 5.56 Å². The van der Waals surface area contributed by atoms with Crippen molar-refractivity contribution in [3.63, 3.8) is 0 Å². The number of carbonyl (C=O) groups is 1. The second-order valence-corrected chi connectivity index (χ2v) is 7.38. The van der Waals surface area contributed by atoms with Gasteiger partial charge in [0.25, 0.3) is 0 Å². The van der Waals surface area contributed by atoms with E-state index in [1.54, 1.807) is 11.3 Å². The van der Waals surface area contributed by atoms with Crippen molar-refractivity contribution < 1.29 is 9.90 Å². The van der Waals surface area contributed by atoms with Gasteiger partial charge >= 0.3 is 0 Å². The summed E-state index contributed by atoms with van der Waals surface area (Å²) in [5.41, 5.74) is 4.21. The van der Waals surface area contributed by atoms with Crippen molar-refractivity contribution in [1.29, 1.82) is 0 Å². The summed E-state index contributed by atoms with van der Waals surface area (Å²) < 4.78 is 1.10. The van der Waals surface area contributed by atoms with Crippen LogP contribution in [0.15, 0.2) is 48.5 Å². The highest BCUT2D eigenvalue weighted by Crippen LogP contribution is 2.31. The van der Waals surface area contributed by atoms with E-state index in [4.69, 9.17) is 0 Å². The number of para-hydroxylation sites is 1. The molecular formula is C21H20NO2S-. The highest BCUT2D eigenvalue weighted by atomic mass is 32.1. The van der Waals surface area contributed by atoms with Crippen LogP contribution in [-0.2, 0) is 4.79 Å². The van der Waals surface area contributed by atoms with Gasteiger partial charge in [-0.15, -0.1) is 11.3 Å². The number of rotatable bonds is 6. The minimum absolute atomic E-state index is 0.00810. The molecule has 0 spiro atoms. The summed E-state index contributed by atoms with van der Waals surface area (Å²) in [5, 5.41) is 11.8. The highest BCUT2D eigenvalue weighted by molar-refractivity contribution is 7.19. The lowest BCUT2D eigenvalue weighted by atomic mass is 10.0. The fourth-order valence-electron chi connectivity index (χ4n) is 2.67. The Hall–Kier alpha value is -2.46. The fourth-order valence-corrected chi connectivity index (χ4v) is 3.67. The van der Waals surface area contributed by atoms with E-state index in [9.17, 15) is 9.90 Å². The molecular weight excluding hydrogens is 330 g/mol. The van der Waals surface area contributed by atoms with Crippen LogP contribution in [0.3, 0.4) is 0 Å². The van der Waals surface area contributed by atoms with Crippen molar-refractivity contribution in [2.24, 2.45) is 0 Å². The van der Waals surface area contributed by atoms with Crippen LogP contribution >= 0.6 is 11.3 Å². The average molecular weight is 350 g/mol. The summed E-state index contributed by atoms with van der Waals surface area (Å²) in [7, 11) is 0. The predicted molar refractivity (Wildman–Crippen MR) is 102 cm³/mol. The zero-order chi connectivity index (χ0) is 17.8. The normalized spacial score (nSPS) is 12.0. The number of carbonyl (C=O) groups excluding carboxylic acids is 1. The van der Waals surface area contributed by atoms with Crippen molar-refractivity contribution in [2.45, 2.75) is 32.6 Å². The summed E-state index contributed by atoms with van der Waals surface area (Å²) in [5.74, 6) is -0.554. The van der Waals surface area contributed by atoms with Gasteiger partial charge in [0.1, 0.15) is 5.01 Å². The van der Waals surface area contributed by atoms with Gasteiger partial charge in [-0.05, 0) is 53.7 Å². The van der Waals surface area contributed by atoms with Crippen LogP contribution in [0, 0.1) is 0 Å². The smallest absolute Gasteiger partial charge is 0.120 e. The number of benzene rings is 2. The molecule has 25 heavy (non-hydrogen) atoms. The molecule has 3 nitrogen and oxygen atoms in total. The second-order valence-electron chi connectivity index (χ2n) is 6.35. The van der Waals surface area contributed by atoms with Crippen molar-refractivity contribution in [3.8, 4) is 0 Å². The molecule has 4 heteroatoms. The number of hydrogen-bond donors (Lipinski definition) is 0. The Balaban J connectivity index is 1.96. The lowest BCUT2D eigenvalue weighted by Crippen LogP contribution is -2.21. The first-order valence-corrected chi connectivity index (χ1v) is 9.21. The maximum atomic E-state index is 10.9.